The van der Waals surface area contributed by atoms with E-state index in [9.17, 15) is 5.11 Å². The molecular formula is C20H21Br3O4. The zero-order chi connectivity index (χ0) is 19.3. The van der Waals surface area contributed by atoms with Gasteiger partial charge in [-0.05, 0) is 11.1 Å². The van der Waals surface area contributed by atoms with Gasteiger partial charge in [0.2, 0.25) is 0 Å². The van der Waals surface area contributed by atoms with Crippen molar-refractivity contribution in [2.75, 3.05) is 6.61 Å². The smallest absolute Gasteiger partial charge is 0.145 e. The monoisotopic (exact) mass is 562 g/mol. The number of aliphatic hydroxyl groups excluding tert-OH is 1. The lowest BCUT2D eigenvalue weighted by Crippen LogP contribution is -2.60. The fourth-order valence-corrected chi connectivity index (χ4v) is 4.13. The predicted molar refractivity (Wildman–Crippen MR) is 115 cm³/mol. The Morgan fingerprint density at radius 3 is 2.07 bits per heavy atom. The van der Waals surface area contributed by atoms with E-state index in [1.807, 2.05) is 60.7 Å². The normalized spacial score (nSPS) is 27.4. The number of benzene rings is 2. The Morgan fingerprint density at radius 2 is 1.48 bits per heavy atom. The second-order valence-electron chi connectivity index (χ2n) is 6.37. The van der Waals surface area contributed by atoms with Crippen LogP contribution in [0.2, 0.25) is 0 Å². The Morgan fingerprint density at radius 1 is 0.926 bits per heavy atom. The van der Waals surface area contributed by atoms with Crippen LogP contribution in [-0.2, 0) is 27.4 Å². The fourth-order valence-electron chi connectivity index (χ4n) is 2.84. The molecule has 7 heteroatoms. The van der Waals surface area contributed by atoms with Crippen molar-refractivity contribution in [3.63, 3.8) is 0 Å². The van der Waals surface area contributed by atoms with E-state index in [4.69, 9.17) is 14.2 Å². The van der Waals surface area contributed by atoms with E-state index in [0.29, 0.717) is 19.8 Å². The first-order valence-corrected chi connectivity index (χ1v) is 11.1. The van der Waals surface area contributed by atoms with Gasteiger partial charge in [-0.25, -0.2) is 0 Å². The molecule has 0 unspecified atom stereocenters. The second kappa shape index (κ2) is 9.96. The largest absolute Gasteiger partial charge is 0.388 e. The quantitative estimate of drug-likeness (QED) is 0.493. The topological polar surface area (TPSA) is 47.9 Å². The molecule has 4 nitrogen and oxygen atoms in total. The summed E-state index contributed by atoms with van der Waals surface area (Å²) >= 11 is 10.5. The first-order chi connectivity index (χ1) is 13.0. The van der Waals surface area contributed by atoms with Crippen LogP contribution in [0.25, 0.3) is 0 Å². The van der Waals surface area contributed by atoms with Crippen LogP contribution in [0.5, 0.6) is 0 Å². The lowest BCUT2D eigenvalue weighted by molar-refractivity contribution is -0.187. The summed E-state index contributed by atoms with van der Waals surface area (Å²) in [7, 11) is 0. The molecule has 2 aromatic carbocycles. The molecule has 2 aromatic rings. The number of rotatable bonds is 7. The summed E-state index contributed by atoms with van der Waals surface area (Å²) in [6.07, 6.45) is -1.82. The number of aliphatic hydroxyl groups is 1. The van der Waals surface area contributed by atoms with Crippen molar-refractivity contribution in [3.8, 4) is 0 Å². The molecule has 27 heavy (non-hydrogen) atoms. The lowest BCUT2D eigenvalue weighted by atomic mass is 10.0. The van der Waals surface area contributed by atoms with Crippen LogP contribution in [0.3, 0.4) is 0 Å². The van der Waals surface area contributed by atoms with Gasteiger partial charge in [0.15, 0.2) is 0 Å². The average molecular weight is 565 g/mol. The highest BCUT2D eigenvalue weighted by Crippen LogP contribution is 2.45. The molecule has 4 atom stereocenters. The van der Waals surface area contributed by atoms with E-state index in [1.165, 1.54) is 0 Å². The summed E-state index contributed by atoms with van der Waals surface area (Å²) in [6.45, 7) is 1.16. The van der Waals surface area contributed by atoms with Gasteiger partial charge in [-0.2, -0.15) is 0 Å². The van der Waals surface area contributed by atoms with Gasteiger partial charge in [0, 0.05) is 0 Å². The molecule has 0 saturated carbocycles. The zero-order valence-corrected chi connectivity index (χ0v) is 19.3. The molecule has 0 radical (unpaired) electrons. The summed E-state index contributed by atoms with van der Waals surface area (Å²) in [5, 5.41) is 10.4. The molecule has 1 saturated heterocycles. The highest BCUT2D eigenvalue weighted by molar-refractivity contribution is 9.26. The van der Waals surface area contributed by atoms with Crippen molar-refractivity contribution in [2.45, 2.75) is 39.8 Å². The molecule has 0 aliphatic carbocycles. The maximum atomic E-state index is 10.8. The lowest BCUT2D eigenvalue weighted by Gasteiger charge is -2.45. The summed E-state index contributed by atoms with van der Waals surface area (Å²) in [5.74, 6) is 0. The van der Waals surface area contributed by atoms with Crippen molar-refractivity contribution in [3.05, 3.63) is 71.8 Å². The van der Waals surface area contributed by atoms with Crippen LogP contribution in [0.1, 0.15) is 11.1 Å². The van der Waals surface area contributed by atoms with Gasteiger partial charge in [0.05, 0.1) is 19.8 Å². The molecule has 0 aromatic heterocycles. The van der Waals surface area contributed by atoms with Gasteiger partial charge in [-0.15, -0.1) is 0 Å². The molecule has 0 bridgehead atoms. The van der Waals surface area contributed by atoms with Crippen molar-refractivity contribution < 1.29 is 19.3 Å². The number of hydrogen-bond donors (Lipinski definition) is 1. The molecule has 1 aliphatic rings. The molecule has 1 N–H and O–H groups in total. The second-order valence-corrected chi connectivity index (χ2v) is 10.9. The third-order valence-corrected chi connectivity index (χ3v) is 8.28. The highest BCUT2D eigenvalue weighted by atomic mass is 79.9. The minimum absolute atomic E-state index is 0.309. The fraction of sp³-hybridized carbons (Fsp3) is 0.400. The number of ether oxygens (including phenoxy) is 3. The number of halogens is 3. The Hall–Kier alpha value is -0.280. The van der Waals surface area contributed by atoms with Crippen molar-refractivity contribution in [2.24, 2.45) is 0 Å². The predicted octanol–water partition coefficient (Wildman–Crippen LogP) is 4.76. The summed E-state index contributed by atoms with van der Waals surface area (Å²) < 4.78 is 17.1. The van der Waals surface area contributed by atoms with E-state index < -0.39 is 26.6 Å². The Kier molecular flexibility index (Phi) is 7.91. The van der Waals surface area contributed by atoms with E-state index in [2.05, 4.69) is 47.8 Å². The van der Waals surface area contributed by atoms with Crippen molar-refractivity contribution in [1.29, 1.82) is 0 Å². The maximum absolute atomic E-state index is 10.8. The molecule has 1 fully saturated rings. The minimum Gasteiger partial charge on any atom is -0.388 e. The highest BCUT2D eigenvalue weighted by Gasteiger charge is 2.53. The third kappa shape index (κ3) is 5.63. The average Bonchev–Trinajstić information content (AvgIpc) is 2.68. The van der Waals surface area contributed by atoms with E-state index in [-0.39, 0.29) is 0 Å². The van der Waals surface area contributed by atoms with Gasteiger partial charge < -0.3 is 19.3 Å². The van der Waals surface area contributed by atoms with Crippen LogP contribution in [0.4, 0.5) is 0 Å². The first kappa shape index (κ1) is 21.4. The van der Waals surface area contributed by atoms with Gasteiger partial charge in [-0.3, -0.25) is 0 Å². The van der Waals surface area contributed by atoms with Gasteiger partial charge >= 0.3 is 0 Å². The molecule has 1 heterocycles. The van der Waals surface area contributed by atoms with Crippen molar-refractivity contribution in [1.82, 2.24) is 0 Å². The Bertz CT molecular complexity index is 699. The Labute approximate surface area is 184 Å². The molecule has 3 rings (SSSR count). The van der Waals surface area contributed by atoms with Crippen LogP contribution in [0, 0.1) is 0 Å². The Balaban J connectivity index is 1.64. The van der Waals surface area contributed by atoms with Crippen LogP contribution in [0.15, 0.2) is 60.7 Å². The van der Waals surface area contributed by atoms with Crippen LogP contribution in [-0.4, -0.2) is 38.3 Å². The van der Waals surface area contributed by atoms with Crippen LogP contribution >= 0.6 is 47.8 Å². The van der Waals surface area contributed by atoms with Gasteiger partial charge in [0.1, 0.15) is 26.6 Å². The maximum Gasteiger partial charge on any atom is 0.145 e. The minimum atomic E-state index is -0.850. The van der Waals surface area contributed by atoms with Gasteiger partial charge in [0.25, 0.3) is 0 Å². The van der Waals surface area contributed by atoms with E-state index in [1.54, 1.807) is 0 Å². The van der Waals surface area contributed by atoms with Crippen molar-refractivity contribution >= 4 is 47.8 Å². The third-order valence-electron chi connectivity index (χ3n) is 4.35. The van der Waals surface area contributed by atoms with E-state index in [0.717, 1.165) is 11.1 Å². The van der Waals surface area contributed by atoms with Gasteiger partial charge in [-0.1, -0.05) is 108 Å². The number of alkyl halides is 3. The molecule has 0 amide bonds. The summed E-state index contributed by atoms with van der Waals surface area (Å²) in [5.41, 5.74) is 2.12. The number of hydrogen-bond acceptors (Lipinski definition) is 4. The summed E-state index contributed by atoms with van der Waals surface area (Å²) in [4.78, 5) is 0. The van der Waals surface area contributed by atoms with Crippen LogP contribution < -0.4 is 0 Å². The molecule has 1 aliphatic heterocycles. The summed E-state index contributed by atoms with van der Waals surface area (Å²) in [6, 6.07) is 19.8. The standard InChI is InChI=1S/C20H21Br3O4/c21-19-20(22,23)18(24)17(26-12-15-9-5-2-6-10-15)16(27-19)13-25-11-14-7-3-1-4-8-14/h1-10,16-19,24H,11-13H2/t16-,17-,18-,19+/m1/s1. The molecule has 0 spiro atoms. The SMILES string of the molecule is O[C@@H]1[C@H](OCc2ccccc2)[C@@H](COCc2ccccc2)O[C@H](Br)C1(Br)Br. The first-order valence-electron chi connectivity index (χ1n) is 8.61. The van der Waals surface area contributed by atoms with E-state index >= 15 is 0 Å². The molecular weight excluding hydrogens is 544 g/mol. The molecule has 146 valence electrons. The zero-order valence-electron chi connectivity index (χ0n) is 14.5.